The first kappa shape index (κ1) is 18.4. The van der Waals surface area contributed by atoms with E-state index in [0.29, 0.717) is 21.9 Å². The summed E-state index contributed by atoms with van der Waals surface area (Å²) < 4.78 is 31.2. The molecule has 0 aliphatic carbocycles. The molecule has 0 fully saturated rings. The van der Waals surface area contributed by atoms with Gasteiger partial charge >= 0.3 is 0 Å². The predicted octanol–water partition coefficient (Wildman–Crippen LogP) is 3.37. The highest BCUT2D eigenvalue weighted by Gasteiger charge is 2.17. The predicted molar refractivity (Wildman–Crippen MR) is 93.1 cm³/mol. The van der Waals surface area contributed by atoms with Crippen LogP contribution in [0.1, 0.15) is 22.8 Å². The van der Waals surface area contributed by atoms with Gasteiger partial charge in [-0.3, -0.25) is 4.79 Å². The van der Waals surface area contributed by atoms with Gasteiger partial charge in [-0.2, -0.15) is 0 Å². The lowest BCUT2D eigenvalue weighted by Crippen LogP contribution is -2.22. The summed E-state index contributed by atoms with van der Waals surface area (Å²) in [4.78, 5) is 11.9. The van der Waals surface area contributed by atoms with Gasteiger partial charge in [-0.05, 0) is 42.8 Å². The van der Waals surface area contributed by atoms with Crippen LogP contribution in [0, 0.1) is 0 Å². The van der Waals surface area contributed by atoms with E-state index < -0.39 is 10.0 Å². The molecule has 0 radical (unpaired) electrons. The maximum Gasteiger partial charge on any atom is 0.242 e. The Labute approximate surface area is 146 Å². The van der Waals surface area contributed by atoms with E-state index in [1.165, 1.54) is 27.1 Å². The standard InChI is InChI=1S/C17H18ClNO4S/c1-12(20)16-10-14(18)7-8-17(16)23-11-13-5-4-6-15(9-13)24(21,22)19(2)3/h4-10H,11H2,1-3H3. The van der Waals surface area contributed by atoms with E-state index in [4.69, 9.17) is 16.3 Å². The van der Waals surface area contributed by atoms with Gasteiger partial charge in [0.05, 0.1) is 10.5 Å². The zero-order valence-corrected chi connectivity index (χ0v) is 15.2. The minimum atomic E-state index is -3.50. The fraction of sp³-hybridized carbons (Fsp3) is 0.235. The number of hydrogen-bond donors (Lipinski definition) is 0. The van der Waals surface area contributed by atoms with E-state index in [2.05, 4.69) is 0 Å². The van der Waals surface area contributed by atoms with Gasteiger partial charge in [0.2, 0.25) is 10.0 Å². The third kappa shape index (κ3) is 4.14. The lowest BCUT2D eigenvalue weighted by atomic mass is 10.1. The second-order valence-electron chi connectivity index (χ2n) is 5.42. The zero-order chi connectivity index (χ0) is 17.9. The summed E-state index contributed by atoms with van der Waals surface area (Å²) >= 11 is 5.90. The van der Waals surface area contributed by atoms with Gasteiger partial charge in [0.25, 0.3) is 0 Å². The summed E-state index contributed by atoms with van der Waals surface area (Å²) in [5.41, 5.74) is 1.07. The van der Waals surface area contributed by atoms with E-state index in [0.717, 1.165) is 4.31 Å². The molecule has 0 atom stereocenters. The molecule has 0 bridgehead atoms. The Morgan fingerprint density at radius 1 is 1.17 bits per heavy atom. The molecule has 0 aromatic heterocycles. The number of sulfonamides is 1. The molecular weight excluding hydrogens is 350 g/mol. The van der Waals surface area contributed by atoms with Crippen LogP contribution in [0.4, 0.5) is 0 Å². The van der Waals surface area contributed by atoms with Gasteiger partial charge in [-0.25, -0.2) is 12.7 Å². The molecule has 0 saturated carbocycles. The number of benzene rings is 2. The van der Waals surface area contributed by atoms with Crippen LogP contribution in [0.25, 0.3) is 0 Å². The molecule has 0 aliphatic heterocycles. The second kappa shape index (κ2) is 7.34. The summed E-state index contributed by atoms with van der Waals surface area (Å²) in [6.07, 6.45) is 0. The highest BCUT2D eigenvalue weighted by molar-refractivity contribution is 7.89. The molecule has 128 valence electrons. The second-order valence-corrected chi connectivity index (χ2v) is 8.01. The molecule has 0 unspecified atom stereocenters. The van der Waals surface area contributed by atoms with E-state index in [1.54, 1.807) is 36.4 Å². The molecule has 5 nitrogen and oxygen atoms in total. The first-order valence-electron chi connectivity index (χ1n) is 7.16. The van der Waals surface area contributed by atoms with Crippen molar-refractivity contribution in [3.8, 4) is 5.75 Å². The number of ketones is 1. The summed E-state index contributed by atoms with van der Waals surface area (Å²) in [6.45, 7) is 1.57. The van der Waals surface area contributed by atoms with Crippen LogP contribution >= 0.6 is 11.6 Å². The molecule has 0 amide bonds. The van der Waals surface area contributed by atoms with E-state index >= 15 is 0 Å². The number of ether oxygens (including phenoxy) is 1. The monoisotopic (exact) mass is 367 g/mol. The van der Waals surface area contributed by atoms with Crippen LogP contribution in [0.15, 0.2) is 47.4 Å². The maximum absolute atomic E-state index is 12.2. The van der Waals surface area contributed by atoms with Gasteiger partial charge < -0.3 is 4.74 Å². The normalized spacial score (nSPS) is 11.5. The van der Waals surface area contributed by atoms with Crippen molar-refractivity contribution >= 4 is 27.4 Å². The highest BCUT2D eigenvalue weighted by atomic mass is 35.5. The fourth-order valence-corrected chi connectivity index (χ4v) is 3.22. The smallest absolute Gasteiger partial charge is 0.242 e. The number of nitrogens with zero attached hydrogens (tertiary/aromatic N) is 1. The van der Waals surface area contributed by atoms with Crippen LogP contribution < -0.4 is 4.74 Å². The zero-order valence-electron chi connectivity index (χ0n) is 13.6. The fourth-order valence-electron chi connectivity index (χ4n) is 2.07. The molecular formula is C17H18ClNO4S. The minimum absolute atomic E-state index is 0.138. The van der Waals surface area contributed by atoms with Crippen molar-refractivity contribution < 1.29 is 17.9 Å². The first-order valence-corrected chi connectivity index (χ1v) is 8.98. The van der Waals surface area contributed by atoms with Gasteiger partial charge in [0.1, 0.15) is 12.4 Å². The largest absolute Gasteiger partial charge is 0.488 e. The molecule has 2 aromatic carbocycles. The van der Waals surface area contributed by atoms with E-state index in [1.807, 2.05) is 0 Å². The van der Waals surface area contributed by atoms with Crippen molar-refractivity contribution in [2.75, 3.05) is 14.1 Å². The molecule has 0 saturated heterocycles. The van der Waals surface area contributed by atoms with Crippen molar-refractivity contribution in [1.29, 1.82) is 0 Å². The average Bonchev–Trinajstić information content (AvgIpc) is 2.53. The molecule has 0 heterocycles. The molecule has 0 spiro atoms. The summed E-state index contributed by atoms with van der Waals surface area (Å²) in [5.74, 6) is 0.254. The van der Waals surface area contributed by atoms with Crippen LogP contribution in [0.2, 0.25) is 5.02 Å². The molecule has 24 heavy (non-hydrogen) atoms. The van der Waals surface area contributed by atoms with E-state index in [9.17, 15) is 13.2 Å². The van der Waals surface area contributed by atoms with Crippen LogP contribution in [-0.4, -0.2) is 32.6 Å². The summed E-state index contributed by atoms with van der Waals surface area (Å²) in [6, 6.07) is 11.3. The lowest BCUT2D eigenvalue weighted by molar-refractivity contribution is 0.101. The minimum Gasteiger partial charge on any atom is -0.488 e. The molecule has 2 aromatic rings. The Morgan fingerprint density at radius 2 is 1.88 bits per heavy atom. The average molecular weight is 368 g/mol. The Hall–Kier alpha value is -1.89. The van der Waals surface area contributed by atoms with Crippen LogP contribution in [-0.2, 0) is 16.6 Å². The highest BCUT2D eigenvalue weighted by Crippen LogP contribution is 2.25. The summed E-state index contributed by atoms with van der Waals surface area (Å²) in [7, 11) is -0.548. The molecule has 2 rings (SSSR count). The van der Waals surface area contributed by atoms with Crippen LogP contribution in [0.5, 0.6) is 5.75 Å². The van der Waals surface area contributed by atoms with Gasteiger partial charge in [-0.1, -0.05) is 23.7 Å². The van der Waals surface area contributed by atoms with Crippen molar-refractivity contribution in [1.82, 2.24) is 4.31 Å². The number of halogens is 1. The van der Waals surface area contributed by atoms with Crippen molar-refractivity contribution in [3.05, 3.63) is 58.6 Å². The Morgan fingerprint density at radius 3 is 2.50 bits per heavy atom. The first-order chi connectivity index (χ1) is 11.2. The SMILES string of the molecule is CC(=O)c1cc(Cl)ccc1OCc1cccc(S(=O)(=O)N(C)C)c1. The Bertz CT molecular complexity index is 863. The quantitative estimate of drug-likeness (QED) is 0.734. The maximum atomic E-state index is 12.2. The topological polar surface area (TPSA) is 63.7 Å². The summed E-state index contributed by atoms with van der Waals surface area (Å²) in [5, 5.41) is 0.451. The van der Waals surface area contributed by atoms with Gasteiger partial charge in [0, 0.05) is 19.1 Å². The number of Topliss-reactive ketones (excluding diaryl/α,β-unsaturated/α-hetero) is 1. The van der Waals surface area contributed by atoms with E-state index in [-0.39, 0.29) is 17.3 Å². The van der Waals surface area contributed by atoms with Gasteiger partial charge in [-0.15, -0.1) is 0 Å². The number of rotatable bonds is 6. The molecule has 7 heteroatoms. The Balaban J connectivity index is 2.24. The third-order valence-electron chi connectivity index (χ3n) is 3.39. The molecule has 0 aliphatic rings. The molecule has 0 N–H and O–H groups in total. The number of hydrogen-bond acceptors (Lipinski definition) is 4. The lowest BCUT2D eigenvalue weighted by Gasteiger charge is -2.13. The Kier molecular flexibility index (Phi) is 5.64. The van der Waals surface area contributed by atoms with Crippen molar-refractivity contribution in [3.63, 3.8) is 0 Å². The number of carbonyl (C=O) groups excluding carboxylic acids is 1. The number of carbonyl (C=O) groups is 1. The van der Waals surface area contributed by atoms with Crippen LogP contribution in [0.3, 0.4) is 0 Å². The third-order valence-corrected chi connectivity index (χ3v) is 5.44. The van der Waals surface area contributed by atoms with Gasteiger partial charge in [0.15, 0.2) is 5.78 Å². The van der Waals surface area contributed by atoms with Crippen molar-refractivity contribution in [2.45, 2.75) is 18.4 Å². The van der Waals surface area contributed by atoms with Crippen molar-refractivity contribution in [2.24, 2.45) is 0 Å².